The zero-order chi connectivity index (χ0) is 22.8. The Morgan fingerprint density at radius 2 is 1.61 bits per heavy atom. The average Bonchev–Trinajstić information content (AvgIpc) is 2.76. The van der Waals surface area contributed by atoms with E-state index in [-0.39, 0.29) is 24.9 Å². The first-order valence-electron chi connectivity index (χ1n) is 9.98. The molecule has 8 heteroatoms. The summed E-state index contributed by atoms with van der Waals surface area (Å²) >= 11 is 0. The van der Waals surface area contributed by atoms with Crippen LogP contribution >= 0.6 is 0 Å². The van der Waals surface area contributed by atoms with E-state index in [2.05, 4.69) is 29.8 Å². The molecule has 0 aromatic heterocycles. The fraction of sp³-hybridized carbons (Fsp3) is 0.304. The summed E-state index contributed by atoms with van der Waals surface area (Å²) in [4.78, 5) is 34.1. The van der Waals surface area contributed by atoms with E-state index in [4.69, 9.17) is 10.1 Å². The van der Waals surface area contributed by atoms with Crippen LogP contribution in [0.1, 0.15) is 48.9 Å². The van der Waals surface area contributed by atoms with Gasteiger partial charge in [0.05, 0.1) is 0 Å². The lowest BCUT2D eigenvalue weighted by Crippen LogP contribution is -2.41. The number of rotatable bonds is 9. The van der Waals surface area contributed by atoms with Gasteiger partial charge in [0.2, 0.25) is 12.3 Å². The molecule has 0 aliphatic rings. The van der Waals surface area contributed by atoms with Crippen LogP contribution in [-0.4, -0.2) is 30.3 Å². The fourth-order valence-corrected chi connectivity index (χ4v) is 2.67. The SMILES string of the molecule is CC(C)c1ccc(COC(=O)NC(=N)c2ccc(CNC(=O)[C@H](C)NC=O)cc2)cc1. The molecule has 0 saturated carbocycles. The van der Waals surface area contributed by atoms with Crippen molar-refractivity contribution >= 4 is 24.2 Å². The van der Waals surface area contributed by atoms with E-state index in [1.807, 2.05) is 24.3 Å². The fourth-order valence-electron chi connectivity index (χ4n) is 2.67. The van der Waals surface area contributed by atoms with Crippen molar-refractivity contribution in [1.82, 2.24) is 16.0 Å². The number of hydrogen-bond donors (Lipinski definition) is 4. The second-order valence-electron chi connectivity index (χ2n) is 7.39. The van der Waals surface area contributed by atoms with Crippen molar-refractivity contribution in [2.24, 2.45) is 0 Å². The maximum absolute atomic E-state index is 12.0. The first-order chi connectivity index (χ1) is 14.8. The van der Waals surface area contributed by atoms with Gasteiger partial charge in [0, 0.05) is 12.1 Å². The average molecular weight is 425 g/mol. The molecule has 4 N–H and O–H groups in total. The van der Waals surface area contributed by atoms with Gasteiger partial charge in [-0.1, -0.05) is 62.4 Å². The Labute approximate surface area is 181 Å². The van der Waals surface area contributed by atoms with Crippen molar-refractivity contribution in [2.45, 2.75) is 45.9 Å². The van der Waals surface area contributed by atoms with Gasteiger partial charge in [0.1, 0.15) is 18.5 Å². The van der Waals surface area contributed by atoms with Crippen molar-refractivity contribution in [3.05, 3.63) is 70.8 Å². The minimum Gasteiger partial charge on any atom is -0.444 e. The quantitative estimate of drug-likeness (QED) is 0.281. The number of ether oxygens (including phenoxy) is 1. The van der Waals surface area contributed by atoms with E-state index < -0.39 is 12.1 Å². The van der Waals surface area contributed by atoms with Crippen LogP contribution in [0, 0.1) is 5.41 Å². The monoisotopic (exact) mass is 424 g/mol. The highest BCUT2D eigenvalue weighted by Crippen LogP contribution is 2.15. The standard InChI is InChI=1S/C23H28N4O4/c1-15(2)19-8-6-18(7-9-19)13-31-23(30)27-21(24)20-10-4-17(5-11-20)12-25-22(29)16(3)26-14-28/h4-11,14-16H,12-13H2,1-3H3,(H,25,29)(H,26,28)(H2,24,27,30)/t16-/m0/s1. The van der Waals surface area contributed by atoms with E-state index in [1.54, 1.807) is 31.2 Å². The summed E-state index contributed by atoms with van der Waals surface area (Å²) in [7, 11) is 0. The number of amides is 3. The molecule has 0 heterocycles. The zero-order valence-electron chi connectivity index (χ0n) is 17.9. The van der Waals surface area contributed by atoms with Crippen molar-refractivity contribution in [3.63, 3.8) is 0 Å². The van der Waals surface area contributed by atoms with Gasteiger partial charge in [0.25, 0.3) is 0 Å². The van der Waals surface area contributed by atoms with E-state index in [9.17, 15) is 14.4 Å². The first kappa shape index (κ1) is 23.6. The number of alkyl carbamates (subject to hydrolysis) is 1. The lowest BCUT2D eigenvalue weighted by Gasteiger charge is -2.12. The van der Waals surface area contributed by atoms with Gasteiger partial charge in [-0.3, -0.25) is 20.3 Å². The Hall–Kier alpha value is -3.68. The molecule has 0 saturated heterocycles. The Bertz CT molecular complexity index is 908. The van der Waals surface area contributed by atoms with Crippen molar-refractivity contribution in [2.75, 3.05) is 0 Å². The molecule has 0 spiro atoms. The Morgan fingerprint density at radius 1 is 1.00 bits per heavy atom. The number of nitrogens with one attached hydrogen (secondary N) is 4. The van der Waals surface area contributed by atoms with Gasteiger partial charge >= 0.3 is 6.09 Å². The summed E-state index contributed by atoms with van der Waals surface area (Å²) < 4.78 is 5.18. The second kappa shape index (κ2) is 11.5. The molecule has 2 rings (SSSR count). The molecule has 0 fully saturated rings. The highest BCUT2D eigenvalue weighted by molar-refractivity contribution is 6.04. The predicted molar refractivity (Wildman–Crippen MR) is 118 cm³/mol. The molecular formula is C23H28N4O4. The maximum Gasteiger partial charge on any atom is 0.413 e. The van der Waals surface area contributed by atoms with Crippen LogP contribution in [-0.2, 0) is 27.5 Å². The summed E-state index contributed by atoms with van der Waals surface area (Å²) in [5, 5.41) is 15.5. The summed E-state index contributed by atoms with van der Waals surface area (Å²) in [5.74, 6) is 0.0520. The largest absolute Gasteiger partial charge is 0.444 e. The van der Waals surface area contributed by atoms with Gasteiger partial charge in [-0.2, -0.15) is 0 Å². The number of carbonyl (C=O) groups is 3. The normalized spacial score (nSPS) is 11.4. The summed E-state index contributed by atoms with van der Waals surface area (Å²) in [6.07, 6.45) is -0.226. The highest BCUT2D eigenvalue weighted by Gasteiger charge is 2.11. The summed E-state index contributed by atoms with van der Waals surface area (Å²) in [6, 6.07) is 14.1. The number of hydrogen-bond acceptors (Lipinski definition) is 5. The van der Waals surface area contributed by atoms with Crippen LogP contribution in [0.5, 0.6) is 0 Å². The van der Waals surface area contributed by atoms with Crippen molar-refractivity contribution in [1.29, 1.82) is 5.41 Å². The smallest absolute Gasteiger partial charge is 0.413 e. The van der Waals surface area contributed by atoms with E-state index >= 15 is 0 Å². The van der Waals surface area contributed by atoms with E-state index in [1.165, 1.54) is 5.56 Å². The molecule has 31 heavy (non-hydrogen) atoms. The van der Waals surface area contributed by atoms with Gasteiger partial charge in [-0.15, -0.1) is 0 Å². The molecule has 3 amide bonds. The lowest BCUT2D eigenvalue weighted by atomic mass is 10.0. The second-order valence-corrected chi connectivity index (χ2v) is 7.39. The van der Waals surface area contributed by atoms with Crippen molar-refractivity contribution < 1.29 is 19.1 Å². The molecule has 2 aromatic carbocycles. The minimum absolute atomic E-state index is 0.0838. The molecule has 2 aromatic rings. The third kappa shape index (κ3) is 7.58. The third-order valence-electron chi connectivity index (χ3n) is 4.66. The van der Waals surface area contributed by atoms with Crippen LogP contribution in [0.3, 0.4) is 0 Å². The van der Waals surface area contributed by atoms with Crippen LogP contribution < -0.4 is 16.0 Å². The maximum atomic E-state index is 12.0. The van der Waals surface area contributed by atoms with Crippen molar-refractivity contribution in [3.8, 4) is 0 Å². The Morgan fingerprint density at radius 3 is 2.19 bits per heavy atom. The molecule has 8 nitrogen and oxygen atoms in total. The third-order valence-corrected chi connectivity index (χ3v) is 4.66. The predicted octanol–water partition coefficient (Wildman–Crippen LogP) is 2.81. The van der Waals surface area contributed by atoms with Gasteiger partial charge < -0.3 is 15.4 Å². The lowest BCUT2D eigenvalue weighted by molar-refractivity contribution is -0.125. The topological polar surface area (TPSA) is 120 Å². The minimum atomic E-state index is -0.703. The Kier molecular flexibility index (Phi) is 8.75. The van der Waals surface area contributed by atoms with Gasteiger partial charge in [-0.05, 0) is 29.5 Å². The molecule has 1 atom stereocenters. The van der Waals surface area contributed by atoms with Gasteiger partial charge in [0.15, 0.2) is 0 Å². The van der Waals surface area contributed by atoms with E-state index in [0.29, 0.717) is 17.9 Å². The molecular weight excluding hydrogens is 396 g/mol. The summed E-state index contributed by atoms with van der Waals surface area (Å²) in [5.41, 5.74) is 3.40. The van der Waals surface area contributed by atoms with Gasteiger partial charge in [-0.25, -0.2) is 4.79 Å². The number of amidine groups is 1. The van der Waals surface area contributed by atoms with Crippen LogP contribution in [0.4, 0.5) is 4.79 Å². The van der Waals surface area contributed by atoms with Crippen LogP contribution in [0.25, 0.3) is 0 Å². The van der Waals surface area contributed by atoms with E-state index in [0.717, 1.165) is 11.1 Å². The first-order valence-corrected chi connectivity index (χ1v) is 9.98. The molecule has 0 aliphatic carbocycles. The number of carbonyl (C=O) groups excluding carboxylic acids is 3. The van der Waals surface area contributed by atoms with Crippen LogP contribution in [0.15, 0.2) is 48.5 Å². The molecule has 0 unspecified atom stereocenters. The molecule has 0 aliphatic heterocycles. The van der Waals surface area contributed by atoms with Crippen LogP contribution in [0.2, 0.25) is 0 Å². The highest BCUT2D eigenvalue weighted by atomic mass is 16.5. The molecule has 0 radical (unpaired) electrons. The summed E-state index contributed by atoms with van der Waals surface area (Å²) in [6.45, 7) is 6.21. The Balaban J connectivity index is 1.80. The zero-order valence-corrected chi connectivity index (χ0v) is 17.9. The molecule has 164 valence electrons. The molecule has 0 bridgehead atoms. The number of benzene rings is 2.